The van der Waals surface area contributed by atoms with Gasteiger partial charge in [-0.15, -0.1) is 0 Å². The van der Waals surface area contributed by atoms with Gasteiger partial charge in [-0.05, 0) is 54.7 Å². The predicted molar refractivity (Wildman–Crippen MR) is 114 cm³/mol. The van der Waals surface area contributed by atoms with Crippen molar-refractivity contribution in [3.63, 3.8) is 0 Å². The van der Waals surface area contributed by atoms with E-state index in [0.717, 1.165) is 22.6 Å². The van der Waals surface area contributed by atoms with Gasteiger partial charge in [0.05, 0.1) is 17.7 Å². The van der Waals surface area contributed by atoms with Crippen molar-refractivity contribution < 1.29 is 13.2 Å². The molecule has 2 aromatic carbocycles. The summed E-state index contributed by atoms with van der Waals surface area (Å²) in [6, 6.07) is 11.2. The van der Waals surface area contributed by atoms with Gasteiger partial charge in [-0.3, -0.25) is 0 Å². The number of hydrogen-bond acceptors (Lipinski definition) is 4. The minimum absolute atomic E-state index is 0.143. The fraction of sp³-hybridized carbons (Fsp3) is 0.318. The lowest BCUT2D eigenvalue weighted by atomic mass is 10.0. The number of benzene rings is 2. The first-order valence-corrected chi connectivity index (χ1v) is 11.0. The Bertz CT molecular complexity index is 1120. The van der Waals surface area contributed by atoms with Crippen molar-refractivity contribution in [3.05, 3.63) is 71.3 Å². The van der Waals surface area contributed by atoms with Crippen LogP contribution in [0.1, 0.15) is 42.3 Å². The molecule has 0 fully saturated rings. The Labute approximate surface area is 172 Å². The molecule has 7 heteroatoms. The van der Waals surface area contributed by atoms with E-state index in [9.17, 15) is 8.42 Å². The lowest BCUT2D eigenvalue weighted by Crippen LogP contribution is -2.25. The average Bonchev–Trinajstić information content (AvgIpc) is 3.11. The molecule has 0 spiro atoms. The van der Waals surface area contributed by atoms with E-state index < -0.39 is 10.0 Å². The zero-order valence-corrected chi connectivity index (χ0v) is 18.2. The summed E-state index contributed by atoms with van der Waals surface area (Å²) in [4.78, 5) is 4.53. The molecule has 29 heavy (non-hydrogen) atoms. The second-order valence-electron chi connectivity index (χ2n) is 7.31. The summed E-state index contributed by atoms with van der Waals surface area (Å²) in [6.07, 6.45) is 3.59. The topological polar surface area (TPSA) is 73.2 Å². The van der Waals surface area contributed by atoms with Crippen LogP contribution in [-0.4, -0.2) is 25.1 Å². The Morgan fingerprint density at radius 3 is 2.52 bits per heavy atom. The number of sulfonamides is 1. The second kappa shape index (κ2) is 8.39. The number of rotatable bonds is 7. The largest absolute Gasteiger partial charge is 0.496 e. The van der Waals surface area contributed by atoms with Crippen LogP contribution >= 0.6 is 0 Å². The Balaban J connectivity index is 1.93. The second-order valence-corrected chi connectivity index (χ2v) is 9.05. The quantitative estimate of drug-likeness (QED) is 0.633. The van der Waals surface area contributed by atoms with Gasteiger partial charge >= 0.3 is 0 Å². The highest BCUT2D eigenvalue weighted by molar-refractivity contribution is 7.89. The molecular weight excluding hydrogens is 386 g/mol. The van der Waals surface area contributed by atoms with Crippen LogP contribution < -0.4 is 9.46 Å². The molecule has 0 radical (unpaired) electrons. The number of imidazole rings is 1. The fourth-order valence-electron chi connectivity index (χ4n) is 3.37. The number of para-hydroxylation sites is 1. The summed E-state index contributed by atoms with van der Waals surface area (Å²) >= 11 is 0. The molecule has 1 N–H and O–H groups in total. The molecule has 3 aromatic rings. The van der Waals surface area contributed by atoms with Gasteiger partial charge in [0.15, 0.2) is 0 Å². The first kappa shape index (κ1) is 21.1. The van der Waals surface area contributed by atoms with Crippen molar-refractivity contribution >= 4 is 10.0 Å². The van der Waals surface area contributed by atoms with E-state index in [1.807, 2.05) is 55.8 Å². The highest BCUT2D eigenvalue weighted by Gasteiger charge is 2.21. The highest BCUT2D eigenvalue weighted by Crippen LogP contribution is 2.31. The molecular formula is C22H27N3O3S. The third-order valence-electron chi connectivity index (χ3n) is 4.97. The molecule has 1 aromatic heterocycles. The van der Waals surface area contributed by atoms with Crippen molar-refractivity contribution in [2.45, 2.75) is 45.1 Å². The van der Waals surface area contributed by atoms with Crippen LogP contribution in [0.15, 0.2) is 53.7 Å². The SMILES string of the molecule is COc1cc(C)c(S(=O)(=O)NCc2ccccc2-n2ccnc2C)cc1C(C)C. The molecule has 0 aliphatic rings. The Hall–Kier alpha value is -2.64. The normalized spacial score (nSPS) is 11.8. The van der Waals surface area contributed by atoms with Crippen LogP contribution in [0, 0.1) is 13.8 Å². The van der Waals surface area contributed by atoms with Gasteiger partial charge in [0, 0.05) is 18.9 Å². The van der Waals surface area contributed by atoms with E-state index in [2.05, 4.69) is 9.71 Å². The van der Waals surface area contributed by atoms with Gasteiger partial charge in [0.2, 0.25) is 10.0 Å². The first-order valence-electron chi connectivity index (χ1n) is 9.51. The van der Waals surface area contributed by atoms with Crippen molar-refractivity contribution in [1.29, 1.82) is 0 Å². The molecule has 0 bridgehead atoms. The number of hydrogen-bond donors (Lipinski definition) is 1. The van der Waals surface area contributed by atoms with E-state index in [4.69, 9.17) is 4.74 Å². The summed E-state index contributed by atoms with van der Waals surface area (Å²) in [7, 11) is -2.10. The fourth-order valence-corrected chi connectivity index (χ4v) is 4.64. The predicted octanol–water partition coefficient (Wildman–Crippen LogP) is 4.10. The molecule has 0 atom stereocenters. The van der Waals surface area contributed by atoms with Gasteiger partial charge in [0.1, 0.15) is 11.6 Å². The van der Waals surface area contributed by atoms with E-state index >= 15 is 0 Å². The Morgan fingerprint density at radius 2 is 1.90 bits per heavy atom. The highest BCUT2D eigenvalue weighted by atomic mass is 32.2. The molecule has 3 rings (SSSR count). The number of aromatic nitrogens is 2. The molecule has 1 heterocycles. The van der Waals surface area contributed by atoms with E-state index in [1.165, 1.54) is 0 Å². The van der Waals surface area contributed by atoms with Gasteiger partial charge in [0.25, 0.3) is 0 Å². The van der Waals surface area contributed by atoms with E-state index in [1.54, 1.807) is 32.4 Å². The maximum Gasteiger partial charge on any atom is 0.241 e. The molecule has 0 saturated heterocycles. The summed E-state index contributed by atoms with van der Waals surface area (Å²) in [5.41, 5.74) is 3.29. The van der Waals surface area contributed by atoms with Crippen LogP contribution in [-0.2, 0) is 16.6 Å². The maximum absolute atomic E-state index is 13.1. The Kier molecular flexibility index (Phi) is 6.10. The van der Waals surface area contributed by atoms with Crippen molar-refractivity contribution in [2.75, 3.05) is 7.11 Å². The van der Waals surface area contributed by atoms with Crippen LogP contribution in [0.25, 0.3) is 5.69 Å². The van der Waals surface area contributed by atoms with Crippen LogP contribution in [0.4, 0.5) is 0 Å². The number of aryl methyl sites for hydroxylation is 2. The number of ether oxygens (including phenoxy) is 1. The van der Waals surface area contributed by atoms with Crippen molar-refractivity contribution in [2.24, 2.45) is 0 Å². The van der Waals surface area contributed by atoms with Crippen LogP contribution in [0.3, 0.4) is 0 Å². The van der Waals surface area contributed by atoms with Crippen molar-refractivity contribution in [1.82, 2.24) is 14.3 Å². The van der Waals surface area contributed by atoms with Gasteiger partial charge < -0.3 is 9.30 Å². The number of methoxy groups -OCH3 is 1. The third kappa shape index (κ3) is 4.36. The number of nitrogens with zero attached hydrogens (tertiary/aromatic N) is 2. The average molecular weight is 414 g/mol. The van der Waals surface area contributed by atoms with Crippen molar-refractivity contribution in [3.8, 4) is 11.4 Å². The molecule has 0 saturated carbocycles. The molecule has 154 valence electrons. The Morgan fingerprint density at radius 1 is 1.17 bits per heavy atom. The molecule has 0 aliphatic heterocycles. The summed E-state index contributed by atoms with van der Waals surface area (Å²) in [6.45, 7) is 7.90. The molecule has 0 unspecified atom stereocenters. The zero-order valence-electron chi connectivity index (χ0n) is 17.4. The summed E-state index contributed by atoms with van der Waals surface area (Å²) < 4.78 is 36.3. The third-order valence-corrected chi connectivity index (χ3v) is 6.51. The zero-order chi connectivity index (χ0) is 21.2. The van der Waals surface area contributed by atoms with Gasteiger partial charge in [-0.1, -0.05) is 32.0 Å². The standard InChI is InChI=1S/C22H27N3O3S/c1-15(2)19-13-22(16(3)12-21(19)28-5)29(26,27)24-14-18-8-6-7-9-20(18)25-11-10-23-17(25)4/h6-13,15,24H,14H2,1-5H3. The monoisotopic (exact) mass is 413 g/mol. The van der Waals surface area contributed by atoms with E-state index in [-0.39, 0.29) is 17.4 Å². The molecule has 0 aliphatic carbocycles. The van der Waals surface area contributed by atoms with Crippen LogP contribution in [0.2, 0.25) is 0 Å². The minimum Gasteiger partial charge on any atom is -0.496 e. The number of nitrogens with one attached hydrogen (secondary N) is 1. The molecule has 6 nitrogen and oxygen atoms in total. The summed E-state index contributed by atoms with van der Waals surface area (Å²) in [5.74, 6) is 1.69. The first-order chi connectivity index (χ1) is 13.7. The maximum atomic E-state index is 13.1. The lowest BCUT2D eigenvalue weighted by molar-refractivity contribution is 0.406. The minimum atomic E-state index is -3.70. The van der Waals surface area contributed by atoms with Gasteiger partial charge in [-0.25, -0.2) is 18.1 Å². The van der Waals surface area contributed by atoms with E-state index in [0.29, 0.717) is 11.3 Å². The lowest BCUT2D eigenvalue weighted by Gasteiger charge is -2.17. The van der Waals surface area contributed by atoms with Crippen LogP contribution in [0.5, 0.6) is 5.75 Å². The smallest absolute Gasteiger partial charge is 0.241 e. The summed E-state index contributed by atoms with van der Waals surface area (Å²) in [5, 5.41) is 0. The molecule has 0 amide bonds. The van der Waals surface area contributed by atoms with Gasteiger partial charge in [-0.2, -0.15) is 0 Å².